The predicted octanol–water partition coefficient (Wildman–Crippen LogP) is 0.208. The number of aliphatic hydroxyl groups excluding tert-OH is 1. The number of rotatable bonds is 4. The molecule has 1 unspecified atom stereocenters. The molecule has 0 rings (SSSR count). The fourth-order valence-electron chi connectivity index (χ4n) is 0.680. The molecule has 0 aliphatic heterocycles. The first kappa shape index (κ1) is 12.2. The van der Waals surface area contributed by atoms with Crippen LogP contribution in [0.2, 0.25) is 0 Å². The van der Waals surface area contributed by atoms with Gasteiger partial charge in [0.1, 0.15) is 6.23 Å². The minimum atomic E-state index is -1.13. The van der Waals surface area contributed by atoms with Crippen LogP contribution >= 0.6 is 0 Å². The SMILES string of the molecule is CC(C)(C)CNC(O)CNC(=O)O. The van der Waals surface area contributed by atoms with Crippen molar-refractivity contribution in [2.24, 2.45) is 5.41 Å². The zero-order valence-electron chi connectivity index (χ0n) is 8.29. The highest BCUT2D eigenvalue weighted by Gasteiger charge is 2.12. The molecule has 0 bridgehead atoms. The molecule has 5 heteroatoms. The first-order valence-electron chi connectivity index (χ1n) is 4.19. The molecule has 0 heterocycles. The fraction of sp³-hybridized carbons (Fsp3) is 0.875. The van der Waals surface area contributed by atoms with Gasteiger partial charge in [-0.15, -0.1) is 0 Å². The lowest BCUT2D eigenvalue weighted by atomic mass is 9.97. The molecule has 0 aromatic rings. The van der Waals surface area contributed by atoms with Gasteiger partial charge in [-0.1, -0.05) is 20.8 Å². The van der Waals surface area contributed by atoms with Crippen LogP contribution in [0.5, 0.6) is 0 Å². The minimum Gasteiger partial charge on any atom is -0.465 e. The Bertz CT molecular complexity index is 165. The molecule has 0 aliphatic carbocycles. The quantitative estimate of drug-likeness (QED) is 0.478. The zero-order valence-corrected chi connectivity index (χ0v) is 8.29. The summed E-state index contributed by atoms with van der Waals surface area (Å²) in [6.07, 6.45) is -1.95. The van der Waals surface area contributed by atoms with Gasteiger partial charge in [0.05, 0.1) is 6.54 Å². The predicted molar refractivity (Wildman–Crippen MR) is 49.5 cm³/mol. The lowest BCUT2D eigenvalue weighted by Crippen LogP contribution is -2.43. The van der Waals surface area contributed by atoms with Crippen molar-refractivity contribution >= 4 is 6.09 Å². The van der Waals surface area contributed by atoms with Crippen LogP contribution in [0.25, 0.3) is 0 Å². The summed E-state index contributed by atoms with van der Waals surface area (Å²) in [6, 6.07) is 0. The van der Waals surface area contributed by atoms with Crippen LogP contribution in [-0.4, -0.2) is 35.6 Å². The van der Waals surface area contributed by atoms with Crippen molar-refractivity contribution in [1.82, 2.24) is 10.6 Å². The second-order valence-electron chi connectivity index (χ2n) is 4.14. The summed E-state index contributed by atoms with van der Waals surface area (Å²) in [5.41, 5.74) is 0.0736. The lowest BCUT2D eigenvalue weighted by Gasteiger charge is -2.21. The van der Waals surface area contributed by atoms with Crippen LogP contribution < -0.4 is 10.6 Å². The van der Waals surface area contributed by atoms with Crippen LogP contribution in [0.3, 0.4) is 0 Å². The summed E-state index contributed by atoms with van der Waals surface area (Å²) >= 11 is 0. The molecule has 0 fully saturated rings. The monoisotopic (exact) mass is 190 g/mol. The maximum Gasteiger partial charge on any atom is 0.404 e. The number of hydrogen-bond acceptors (Lipinski definition) is 3. The number of amides is 1. The van der Waals surface area contributed by atoms with E-state index in [0.29, 0.717) is 6.54 Å². The number of nitrogens with one attached hydrogen (secondary N) is 2. The average Bonchev–Trinajstić information content (AvgIpc) is 1.95. The van der Waals surface area contributed by atoms with Gasteiger partial charge in [-0.25, -0.2) is 4.79 Å². The Labute approximate surface area is 78.1 Å². The summed E-state index contributed by atoms with van der Waals surface area (Å²) in [4.78, 5) is 10.1. The molecule has 0 saturated carbocycles. The topological polar surface area (TPSA) is 81.6 Å². The number of carbonyl (C=O) groups is 1. The van der Waals surface area contributed by atoms with Gasteiger partial charge in [0.25, 0.3) is 0 Å². The molecule has 1 amide bonds. The summed E-state index contributed by atoms with van der Waals surface area (Å²) in [5, 5.41) is 22.4. The molecule has 5 nitrogen and oxygen atoms in total. The largest absolute Gasteiger partial charge is 0.465 e. The highest BCUT2D eigenvalue weighted by Crippen LogP contribution is 2.10. The van der Waals surface area contributed by atoms with Gasteiger partial charge in [0.2, 0.25) is 0 Å². The summed E-state index contributed by atoms with van der Waals surface area (Å²) in [7, 11) is 0. The third-order valence-electron chi connectivity index (χ3n) is 1.31. The van der Waals surface area contributed by atoms with Gasteiger partial charge in [0, 0.05) is 6.54 Å². The van der Waals surface area contributed by atoms with Crippen LogP contribution in [0.4, 0.5) is 4.79 Å². The third kappa shape index (κ3) is 9.10. The van der Waals surface area contributed by atoms with Crippen molar-refractivity contribution in [1.29, 1.82) is 0 Å². The Hall–Kier alpha value is -0.810. The van der Waals surface area contributed by atoms with E-state index < -0.39 is 12.3 Å². The van der Waals surface area contributed by atoms with E-state index in [2.05, 4.69) is 10.6 Å². The Morgan fingerprint density at radius 2 is 2.00 bits per heavy atom. The van der Waals surface area contributed by atoms with Gasteiger partial charge < -0.3 is 15.5 Å². The summed E-state index contributed by atoms with van der Waals surface area (Å²) in [6.45, 7) is 6.72. The average molecular weight is 190 g/mol. The Morgan fingerprint density at radius 1 is 1.46 bits per heavy atom. The molecule has 0 spiro atoms. The molecule has 0 aromatic carbocycles. The Morgan fingerprint density at radius 3 is 2.38 bits per heavy atom. The molecule has 4 N–H and O–H groups in total. The maximum absolute atomic E-state index is 10.1. The van der Waals surface area contributed by atoms with E-state index in [4.69, 9.17) is 5.11 Å². The Balaban J connectivity index is 3.52. The molecule has 0 radical (unpaired) electrons. The second-order valence-corrected chi connectivity index (χ2v) is 4.14. The van der Waals surface area contributed by atoms with Crippen molar-refractivity contribution in [3.8, 4) is 0 Å². The second kappa shape index (κ2) is 5.04. The van der Waals surface area contributed by atoms with E-state index in [-0.39, 0.29) is 12.0 Å². The molecular weight excluding hydrogens is 172 g/mol. The molecular formula is C8H18N2O3. The van der Waals surface area contributed by atoms with Crippen molar-refractivity contribution < 1.29 is 15.0 Å². The van der Waals surface area contributed by atoms with Gasteiger partial charge >= 0.3 is 6.09 Å². The number of hydrogen-bond donors (Lipinski definition) is 4. The highest BCUT2D eigenvalue weighted by atomic mass is 16.4. The van der Waals surface area contributed by atoms with E-state index in [9.17, 15) is 9.90 Å². The smallest absolute Gasteiger partial charge is 0.404 e. The van der Waals surface area contributed by atoms with Crippen molar-refractivity contribution in [3.63, 3.8) is 0 Å². The molecule has 0 aromatic heterocycles. The van der Waals surface area contributed by atoms with Gasteiger partial charge in [0.15, 0.2) is 0 Å². The van der Waals surface area contributed by atoms with Gasteiger partial charge in [-0.2, -0.15) is 0 Å². The molecule has 0 aliphatic rings. The van der Waals surface area contributed by atoms with Crippen LogP contribution in [0, 0.1) is 5.41 Å². The standard InChI is InChI=1S/C8H18N2O3/c1-8(2,3)5-10-6(11)4-9-7(12)13/h6,9-11H,4-5H2,1-3H3,(H,12,13). The van der Waals surface area contributed by atoms with Crippen LogP contribution in [0.15, 0.2) is 0 Å². The fourth-order valence-corrected chi connectivity index (χ4v) is 0.680. The zero-order chi connectivity index (χ0) is 10.5. The molecule has 1 atom stereocenters. The van der Waals surface area contributed by atoms with Gasteiger partial charge in [-0.05, 0) is 5.41 Å². The number of aliphatic hydroxyl groups is 1. The van der Waals surface area contributed by atoms with Crippen LogP contribution in [-0.2, 0) is 0 Å². The summed E-state index contributed by atoms with van der Waals surface area (Å²) < 4.78 is 0. The van der Waals surface area contributed by atoms with Crippen molar-refractivity contribution in [2.45, 2.75) is 27.0 Å². The normalized spacial score (nSPS) is 13.8. The van der Waals surface area contributed by atoms with Crippen LogP contribution in [0.1, 0.15) is 20.8 Å². The van der Waals surface area contributed by atoms with E-state index >= 15 is 0 Å². The number of carboxylic acid groups (broad SMARTS) is 1. The van der Waals surface area contributed by atoms with Gasteiger partial charge in [-0.3, -0.25) is 5.32 Å². The van der Waals surface area contributed by atoms with E-state index in [1.54, 1.807) is 0 Å². The van der Waals surface area contributed by atoms with E-state index in [0.717, 1.165) is 0 Å². The third-order valence-corrected chi connectivity index (χ3v) is 1.31. The maximum atomic E-state index is 10.1. The minimum absolute atomic E-state index is 0.00537. The first-order chi connectivity index (χ1) is 5.81. The first-order valence-corrected chi connectivity index (χ1v) is 4.19. The molecule has 13 heavy (non-hydrogen) atoms. The highest BCUT2D eigenvalue weighted by molar-refractivity contribution is 5.64. The molecule has 78 valence electrons. The summed E-state index contributed by atoms with van der Waals surface area (Å²) in [5.74, 6) is 0. The Kier molecular flexibility index (Phi) is 4.72. The van der Waals surface area contributed by atoms with Crippen molar-refractivity contribution in [3.05, 3.63) is 0 Å². The lowest BCUT2D eigenvalue weighted by molar-refractivity contribution is 0.118. The molecule has 0 saturated heterocycles. The van der Waals surface area contributed by atoms with Crippen molar-refractivity contribution in [2.75, 3.05) is 13.1 Å². The van der Waals surface area contributed by atoms with E-state index in [1.165, 1.54) is 0 Å². The van der Waals surface area contributed by atoms with E-state index in [1.807, 2.05) is 20.8 Å².